The molecular formula is C14H19ClN2O2. The number of piperidine rings is 1. The highest BCUT2D eigenvalue weighted by atomic mass is 35.5. The molecule has 1 amide bonds. The predicted molar refractivity (Wildman–Crippen MR) is 76.0 cm³/mol. The molecule has 1 aromatic rings. The van der Waals surface area contributed by atoms with E-state index in [4.69, 9.17) is 16.3 Å². The first-order valence-corrected chi connectivity index (χ1v) is 6.81. The quantitative estimate of drug-likeness (QED) is 0.924. The smallest absolute Gasteiger partial charge is 0.251 e. The van der Waals surface area contributed by atoms with Crippen molar-refractivity contribution in [2.24, 2.45) is 0 Å². The zero-order chi connectivity index (χ0) is 13.8. The van der Waals surface area contributed by atoms with Gasteiger partial charge in [0.25, 0.3) is 5.91 Å². The topological polar surface area (TPSA) is 41.6 Å². The Morgan fingerprint density at radius 3 is 2.68 bits per heavy atom. The predicted octanol–water partition coefficient (Wildman–Crippen LogP) is 2.17. The van der Waals surface area contributed by atoms with Crippen molar-refractivity contribution in [3.8, 4) is 5.75 Å². The third-order valence-electron chi connectivity index (χ3n) is 3.47. The number of ether oxygens (including phenoxy) is 1. The zero-order valence-corrected chi connectivity index (χ0v) is 12.0. The molecule has 0 atom stereocenters. The lowest BCUT2D eigenvalue weighted by Gasteiger charge is -2.29. The van der Waals surface area contributed by atoms with E-state index in [0.29, 0.717) is 16.3 Å². The Balaban J connectivity index is 1.98. The average molecular weight is 283 g/mol. The van der Waals surface area contributed by atoms with Gasteiger partial charge < -0.3 is 15.0 Å². The van der Waals surface area contributed by atoms with Crippen LogP contribution in [0.25, 0.3) is 0 Å². The maximum atomic E-state index is 12.1. The van der Waals surface area contributed by atoms with E-state index in [9.17, 15) is 4.79 Å². The number of halogens is 1. The molecule has 1 aromatic carbocycles. The van der Waals surface area contributed by atoms with E-state index in [2.05, 4.69) is 17.3 Å². The van der Waals surface area contributed by atoms with E-state index >= 15 is 0 Å². The average Bonchev–Trinajstić information content (AvgIpc) is 2.41. The molecule has 4 nitrogen and oxygen atoms in total. The maximum absolute atomic E-state index is 12.1. The van der Waals surface area contributed by atoms with Gasteiger partial charge in [0.15, 0.2) is 0 Å². The Morgan fingerprint density at radius 1 is 1.42 bits per heavy atom. The minimum Gasteiger partial charge on any atom is -0.495 e. The van der Waals surface area contributed by atoms with Gasteiger partial charge in [0.2, 0.25) is 0 Å². The van der Waals surface area contributed by atoms with Gasteiger partial charge in [-0.2, -0.15) is 0 Å². The number of methoxy groups -OCH3 is 1. The van der Waals surface area contributed by atoms with Crippen molar-refractivity contribution in [3.05, 3.63) is 28.8 Å². The third kappa shape index (κ3) is 3.61. The Bertz CT molecular complexity index is 457. The Labute approximate surface area is 118 Å². The zero-order valence-electron chi connectivity index (χ0n) is 11.3. The van der Waals surface area contributed by atoms with Gasteiger partial charge in [-0.3, -0.25) is 4.79 Å². The summed E-state index contributed by atoms with van der Waals surface area (Å²) in [5.74, 6) is 0.511. The molecule has 1 aliphatic rings. The van der Waals surface area contributed by atoms with E-state index in [1.807, 2.05) is 0 Å². The van der Waals surface area contributed by atoms with E-state index < -0.39 is 0 Å². The van der Waals surface area contributed by atoms with Crippen molar-refractivity contribution < 1.29 is 9.53 Å². The lowest BCUT2D eigenvalue weighted by atomic mass is 10.0. The van der Waals surface area contributed by atoms with Gasteiger partial charge in [0.1, 0.15) is 5.75 Å². The van der Waals surface area contributed by atoms with Gasteiger partial charge >= 0.3 is 0 Å². The molecule has 0 aliphatic carbocycles. The van der Waals surface area contributed by atoms with Crippen LogP contribution in [0.3, 0.4) is 0 Å². The van der Waals surface area contributed by atoms with Crippen LogP contribution in [0, 0.1) is 0 Å². The fourth-order valence-electron chi connectivity index (χ4n) is 2.23. The minimum absolute atomic E-state index is 0.0703. The lowest BCUT2D eigenvalue weighted by molar-refractivity contribution is 0.0917. The third-order valence-corrected chi connectivity index (χ3v) is 3.76. The summed E-state index contributed by atoms with van der Waals surface area (Å²) >= 11 is 6.02. The molecule has 104 valence electrons. The van der Waals surface area contributed by atoms with Crippen molar-refractivity contribution in [1.29, 1.82) is 0 Å². The van der Waals surface area contributed by atoms with E-state index in [1.165, 1.54) is 0 Å². The SMILES string of the molecule is COc1ccc(C(=O)NC2CCN(C)CC2)cc1Cl. The van der Waals surface area contributed by atoms with Gasteiger partial charge in [-0.05, 0) is 51.2 Å². The van der Waals surface area contributed by atoms with Crippen LogP contribution in [-0.2, 0) is 0 Å². The number of hydrogen-bond acceptors (Lipinski definition) is 3. The highest BCUT2D eigenvalue weighted by molar-refractivity contribution is 6.32. The first kappa shape index (κ1) is 14.2. The number of nitrogens with zero attached hydrogens (tertiary/aromatic N) is 1. The summed E-state index contributed by atoms with van der Waals surface area (Å²) in [5.41, 5.74) is 0.574. The number of hydrogen-bond donors (Lipinski definition) is 1. The monoisotopic (exact) mass is 282 g/mol. The first-order chi connectivity index (χ1) is 9.10. The normalized spacial score (nSPS) is 17.2. The summed E-state index contributed by atoms with van der Waals surface area (Å²) in [6.07, 6.45) is 1.98. The number of likely N-dealkylation sites (tertiary alicyclic amines) is 1. The summed E-state index contributed by atoms with van der Waals surface area (Å²) in [5, 5.41) is 3.51. The molecule has 1 fully saturated rings. The molecule has 0 aromatic heterocycles. The van der Waals surface area contributed by atoms with Gasteiger partial charge in [0.05, 0.1) is 12.1 Å². The highest BCUT2D eigenvalue weighted by Gasteiger charge is 2.19. The van der Waals surface area contributed by atoms with Crippen molar-refractivity contribution in [3.63, 3.8) is 0 Å². The Hall–Kier alpha value is -1.26. The van der Waals surface area contributed by atoms with E-state index in [0.717, 1.165) is 25.9 Å². The standard InChI is InChI=1S/C14H19ClN2O2/c1-17-7-5-11(6-8-17)16-14(18)10-3-4-13(19-2)12(15)9-10/h3-4,9,11H,5-8H2,1-2H3,(H,16,18). The molecule has 0 unspecified atom stereocenters. The molecule has 0 radical (unpaired) electrons. The summed E-state index contributed by atoms with van der Waals surface area (Å²) in [7, 11) is 3.65. The van der Waals surface area contributed by atoms with Gasteiger partial charge in [0, 0.05) is 11.6 Å². The number of nitrogens with one attached hydrogen (secondary N) is 1. The van der Waals surface area contributed by atoms with Crippen LogP contribution < -0.4 is 10.1 Å². The molecular weight excluding hydrogens is 264 g/mol. The van der Waals surface area contributed by atoms with Gasteiger partial charge in [-0.15, -0.1) is 0 Å². The second kappa shape index (κ2) is 6.26. The van der Waals surface area contributed by atoms with E-state index in [1.54, 1.807) is 25.3 Å². The second-order valence-corrected chi connectivity index (χ2v) is 5.31. The maximum Gasteiger partial charge on any atom is 0.251 e. The van der Waals surface area contributed by atoms with E-state index in [-0.39, 0.29) is 11.9 Å². The van der Waals surface area contributed by atoms with Crippen LogP contribution in [0.5, 0.6) is 5.75 Å². The van der Waals surface area contributed by atoms with Crippen LogP contribution in [-0.4, -0.2) is 44.1 Å². The molecule has 0 spiro atoms. The second-order valence-electron chi connectivity index (χ2n) is 4.90. The number of carbonyl (C=O) groups is 1. The van der Waals surface area contributed by atoms with Crippen LogP contribution in [0.15, 0.2) is 18.2 Å². The summed E-state index contributed by atoms with van der Waals surface area (Å²) in [6.45, 7) is 2.04. The fourth-order valence-corrected chi connectivity index (χ4v) is 2.49. The molecule has 1 saturated heterocycles. The van der Waals surface area contributed by atoms with Crippen molar-refractivity contribution in [2.75, 3.05) is 27.2 Å². The lowest BCUT2D eigenvalue weighted by Crippen LogP contribution is -2.43. The Kier molecular flexibility index (Phi) is 4.66. The van der Waals surface area contributed by atoms with Gasteiger partial charge in [-0.1, -0.05) is 11.6 Å². The molecule has 2 rings (SSSR count). The Morgan fingerprint density at radius 2 is 2.11 bits per heavy atom. The van der Waals surface area contributed by atoms with Crippen LogP contribution in [0.1, 0.15) is 23.2 Å². The number of rotatable bonds is 3. The number of carbonyl (C=O) groups excluding carboxylic acids is 1. The largest absolute Gasteiger partial charge is 0.495 e. The molecule has 19 heavy (non-hydrogen) atoms. The summed E-state index contributed by atoms with van der Waals surface area (Å²) in [6, 6.07) is 5.34. The minimum atomic E-state index is -0.0703. The number of amides is 1. The summed E-state index contributed by atoms with van der Waals surface area (Å²) in [4.78, 5) is 14.4. The van der Waals surface area contributed by atoms with Crippen LogP contribution in [0.2, 0.25) is 5.02 Å². The van der Waals surface area contributed by atoms with Crippen molar-refractivity contribution >= 4 is 17.5 Å². The van der Waals surface area contributed by atoms with Crippen LogP contribution in [0.4, 0.5) is 0 Å². The molecule has 1 aliphatic heterocycles. The fraction of sp³-hybridized carbons (Fsp3) is 0.500. The van der Waals surface area contributed by atoms with Crippen molar-refractivity contribution in [1.82, 2.24) is 10.2 Å². The molecule has 1 N–H and O–H groups in total. The van der Waals surface area contributed by atoms with Crippen LogP contribution >= 0.6 is 11.6 Å². The molecule has 0 saturated carbocycles. The molecule has 5 heteroatoms. The van der Waals surface area contributed by atoms with Crippen molar-refractivity contribution in [2.45, 2.75) is 18.9 Å². The molecule has 1 heterocycles. The highest BCUT2D eigenvalue weighted by Crippen LogP contribution is 2.25. The number of benzene rings is 1. The first-order valence-electron chi connectivity index (χ1n) is 6.43. The molecule has 0 bridgehead atoms. The summed E-state index contributed by atoms with van der Waals surface area (Å²) < 4.78 is 5.07. The van der Waals surface area contributed by atoms with Gasteiger partial charge in [-0.25, -0.2) is 0 Å².